The maximum atomic E-state index is 12.8. The van der Waals surface area contributed by atoms with E-state index < -0.39 is 6.10 Å². The number of allylic oxidation sites excluding steroid dienone is 12. The van der Waals surface area contributed by atoms with Crippen molar-refractivity contribution < 1.29 is 28.6 Å². The molecule has 0 aromatic carbocycles. The molecule has 0 bridgehead atoms. The number of carbonyl (C=O) groups is 3. The predicted octanol–water partition coefficient (Wildman–Crippen LogP) is 17.4. The van der Waals surface area contributed by atoms with Gasteiger partial charge in [-0.25, -0.2) is 0 Å². The van der Waals surface area contributed by atoms with Crippen molar-refractivity contribution in [1.29, 1.82) is 0 Å². The van der Waals surface area contributed by atoms with E-state index in [0.29, 0.717) is 19.3 Å². The second-order valence-corrected chi connectivity index (χ2v) is 17.4. The number of unbranched alkanes of at least 4 members (excludes halogenated alkanes) is 24. The van der Waals surface area contributed by atoms with Gasteiger partial charge in [0.05, 0.1) is 0 Å². The van der Waals surface area contributed by atoms with Crippen molar-refractivity contribution in [2.45, 2.75) is 258 Å². The van der Waals surface area contributed by atoms with Gasteiger partial charge in [0.25, 0.3) is 0 Å². The van der Waals surface area contributed by atoms with Crippen LogP contribution in [0.25, 0.3) is 0 Å². The molecule has 0 unspecified atom stereocenters. The van der Waals surface area contributed by atoms with Crippen molar-refractivity contribution >= 4 is 17.9 Å². The number of carbonyl (C=O) groups excluding carboxylic acids is 3. The lowest BCUT2D eigenvalue weighted by Crippen LogP contribution is -2.30. The van der Waals surface area contributed by atoms with Crippen molar-refractivity contribution in [2.24, 2.45) is 0 Å². The molecule has 0 heterocycles. The maximum absolute atomic E-state index is 12.8. The van der Waals surface area contributed by atoms with Crippen LogP contribution in [0.4, 0.5) is 0 Å². The highest BCUT2D eigenvalue weighted by molar-refractivity contribution is 5.71. The first kappa shape index (κ1) is 59.9. The average molecular weight is 879 g/mol. The van der Waals surface area contributed by atoms with Crippen LogP contribution in [0.15, 0.2) is 72.9 Å². The minimum atomic E-state index is -0.800. The maximum Gasteiger partial charge on any atom is 0.306 e. The Kier molecular flexibility index (Phi) is 48.9. The zero-order valence-corrected chi connectivity index (χ0v) is 41.3. The fourth-order valence-electron chi connectivity index (χ4n) is 7.23. The third-order valence-electron chi connectivity index (χ3n) is 11.2. The van der Waals surface area contributed by atoms with Gasteiger partial charge in [-0.15, -0.1) is 0 Å². The molecule has 0 saturated heterocycles. The number of hydrogen-bond acceptors (Lipinski definition) is 6. The van der Waals surface area contributed by atoms with Crippen LogP contribution in [-0.2, 0) is 28.6 Å². The third kappa shape index (κ3) is 49.7. The quantitative estimate of drug-likeness (QED) is 0.0262. The molecule has 0 saturated carbocycles. The first-order chi connectivity index (χ1) is 31.0. The van der Waals surface area contributed by atoms with E-state index in [1.807, 2.05) is 0 Å². The van der Waals surface area contributed by atoms with E-state index in [1.165, 1.54) is 103 Å². The highest BCUT2D eigenvalue weighted by Gasteiger charge is 2.19. The second kappa shape index (κ2) is 51.5. The molecule has 1 atom stereocenters. The van der Waals surface area contributed by atoms with E-state index in [9.17, 15) is 14.4 Å². The minimum absolute atomic E-state index is 0.0947. The van der Waals surface area contributed by atoms with Crippen molar-refractivity contribution in [3.8, 4) is 0 Å². The number of hydrogen-bond donors (Lipinski definition) is 0. The van der Waals surface area contributed by atoms with Gasteiger partial charge in [-0.2, -0.15) is 0 Å². The summed E-state index contributed by atoms with van der Waals surface area (Å²) in [6.45, 7) is 6.46. The van der Waals surface area contributed by atoms with E-state index in [4.69, 9.17) is 14.2 Å². The molecular formula is C57H98O6. The Labute approximate surface area is 389 Å². The van der Waals surface area contributed by atoms with Gasteiger partial charge in [0.2, 0.25) is 0 Å². The van der Waals surface area contributed by atoms with Crippen molar-refractivity contribution in [1.82, 2.24) is 0 Å². The summed E-state index contributed by atoms with van der Waals surface area (Å²) in [7, 11) is 0. The molecule has 0 amide bonds. The van der Waals surface area contributed by atoms with Crippen molar-refractivity contribution in [3.05, 3.63) is 72.9 Å². The van der Waals surface area contributed by atoms with E-state index in [0.717, 1.165) is 103 Å². The SMILES string of the molecule is CC/C=C\C/C=C\C/C=C\CCCCCCCC(=O)OC[C@H](COC(=O)CCCCCCCCCCCCCCCCC)OC(=O)CCCC/C=C\C/C=C\C/C=C\CCCCC. The molecule has 0 aliphatic rings. The van der Waals surface area contributed by atoms with Gasteiger partial charge in [0, 0.05) is 19.3 Å². The molecule has 0 spiro atoms. The lowest BCUT2D eigenvalue weighted by Gasteiger charge is -2.18. The highest BCUT2D eigenvalue weighted by Crippen LogP contribution is 2.15. The molecular weight excluding hydrogens is 781 g/mol. The Hall–Kier alpha value is -3.15. The summed E-state index contributed by atoms with van der Waals surface area (Å²) in [6.07, 6.45) is 64.6. The monoisotopic (exact) mass is 879 g/mol. The zero-order valence-electron chi connectivity index (χ0n) is 41.3. The van der Waals surface area contributed by atoms with Gasteiger partial charge in [-0.05, 0) is 89.9 Å². The van der Waals surface area contributed by atoms with Crippen LogP contribution >= 0.6 is 0 Å². The first-order valence-electron chi connectivity index (χ1n) is 26.4. The molecule has 6 nitrogen and oxygen atoms in total. The largest absolute Gasteiger partial charge is 0.462 e. The van der Waals surface area contributed by atoms with Crippen LogP contribution in [0.3, 0.4) is 0 Å². The van der Waals surface area contributed by atoms with Crippen molar-refractivity contribution in [2.75, 3.05) is 13.2 Å². The Morgan fingerprint density at radius 1 is 0.333 bits per heavy atom. The van der Waals surface area contributed by atoms with E-state index in [1.54, 1.807) is 0 Å². The molecule has 362 valence electrons. The average Bonchev–Trinajstić information content (AvgIpc) is 3.28. The standard InChI is InChI=1S/C57H98O6/c1-4-7-10-13-16-19-22-25-28-31-34-37-40-43-46-49-55(58)61-52-54(63-57(60)51-48-45-42-39-36-33-30-27-24-21-18-15-12-9-6-3)53-62-56(59)50-47-44-41-38-35-32-29-26-23-20-17-14-11-8-5-2/h7,10,16,18-19,21,25,27-28,30,36,39,54H,4-6,8-9,11-15,17,20,22-24,26,29,31-35,37-38,40-53H2,1-3H3/b10-7-,19-16-,21-18-,28-25-,30-27-,39-36-/t54-/m1/s1. The smallest absolute Gasteiger partial charge is 0.306 e. The number of rotatable bonds is 47. The van der Waals surface area contributed by atoms with Crippen LogP contribution in [-0.4, -0.2) is 37.2 Å². The zero-order chi connectivity index (χ0) is 45.8. The predicted molar refractivity (Wildman–Crippen MR) is 270 cm³/mol. The van der Waals surface area contributed by atoms with Crippen LogP contribution < -0.4 is 0 Å². The highest BCUT2D eigenvalue weighted by atomic mass is 16.6. The van der Waals surface area contributed by atoms with Crippen LogP contribution in [0.2, 0.25) is 0 Å². The lowest BCUT2D eigenvalue weighted by molar-refractivity contribution is -0.167. The Morgan fingerprint density at radius 3 is 1.03 bits per heavy atom. The summed E-state index contributed by atoms with van der Waals surface area (Å²) in [4.78, 5) is 38.0. The van der Waals surface area contributed by atoms with E-state index >= 15 is 0 Å². The summed E-state index contributed by atoms with van der Waals surface area (Å²) in [6, 6.07) is 0. The first-order valence-corrected chi connectivity index (χ1v) is 26.4. The number of esters is 3. The molecule has 0 radical (unpaired) electrons. The molecule has 0 N–H and O–H groups in total. The molecule has 0 aromatic heterocycles. The molecule has 0 fully saturated rings. The second-order valence-electron chi connectivity index (χ2n) is 17.4. The van der Waals surface area contributed by atoms with Crippen molar-refractivity contribution in [3.63, 3.8) is 0 Å². The van der Waals surface area contributed by atoms with Crippen LogP contribution in [0, 0.1) is 0 Å². The molecule has 0 aliphatic heterocycles. The molecule has 6 heteroatoms. The summed E-state index contributed by atoms with van der Waals surface area (Å²) < 4.78 is 16.8. The number of ether oxygens (including phenoxy) is 3. The van der Waals surface area contributed by atoms with Gasteiger partial charge in [0.1, 0.15) is 13.2 Å². The van der Waals surface area contributed by atoms with Gasteiger partial charge in [0.15, 0.2) is 6.10 Å². The summed E-state index contributed by atoms with van der Waals surface area (Å²) in [5, 5.41) is 0. The van der Waals surface area contributed by atoms with E-state index in [-0.39, 0.29) is 37.5 Å². The molecule has 0 aliphatic carbocycles. The van der Waals surface area contributed by atoms with Crippen LogP contribution in [0.1, 0.15) is 252 Å². The molecule has 0 aromatic rings. The van der Waals surface area contributed by atoms with Gasteiger partial charge in [-0.3, -0.25) is 14.4 Å². The Balaban J connectivity index is 4.46. The summed E-state index contributed by atoms with van der Waals surface area (Å²) in [5.41, 5.74) is 0. The van der Waals surface area contributed by atoms with E-state index in [2.05, 4.69) is 93.7 Å². The van der Waals surface area contributed by atoms with Gasteiger partial charge < -0.3 is 14.2 Å². The fraction of sp³-hybridized carbons (Fsp3) is 0.737. The van der Waals surface area contributed by atoms with Gasteiger partial charge in [-0.1, -0.05) is 216 Å². The molecule has 63 heavy (non-hydrogen) atoms. The Bertz CT molecular complexity index is 1190. The van der Waals surface area contributed by atoms with Gasteiger partial charge >= 0.3 is 17.9 Å². The normalized spacial score (nSPS) is 12.6. The summed E-state index contributed by atoms with van der Waals surface area (Å²) in [5.74, 6) is -0.947. The minimum Gasteiger partial charge on any atom is -0.462 e. The van der Waals surface area contributed by atoms with Crippen LogP contribution in [0.5, 0.6) is 0 Å². The topological polar surface area (TPSA) is 78.9 Å². The molecule has 0 rings (SSSR count). The third-order valence-corrected chi connectivity index (χ3v) is 11.2. The fourth-order valence-corrected chi connectivity index (χ4v) is 7.23. The lowest BCUT2D eigenvalue weighted by atomic mass is 10.0. The summed E-state index contributed by atoms with van der Waals surface area (Å²) >= 11 is 0. The Morgan fingerprint density at radius 2 is 0.619 bits per heavy atom.